The van der Waals surface area contributed by atoms with E-state index in [1.807, 2.05) is 0 Å². The molecule has 0 saturated carbocycles. The van der Waals surface area contributed by atoms with Gasteiger partial charge in [0.25, 0.3) is 0 Å². The number of nitrogens with one attached hydrogen (secondary N) is 1. The molecule has 2 heterocycles. The van der Waals surface area contributed by atoms with Crippen LogP contribution >= 0.6 is 0 Å². The van der Waals surface area contributed by atoms with Crippen LogP contribution in [0.2, 0.25) is 0 Å². The van der Waals surface area contributed by atoms with Crippen LogP contribution in [0, 0.1) is 0 Å². The Balaban J connectivity index is 1.78. The number of rotatable bonds is 6. The number of aliphatic hydroxyl groups is 1. The molecule has 2 saturated heterocycles. The number of piperidine rings is 1. The predicted molar refractivity (Wildman–Crippen MR) is 74.8 cm³/mol. The van der Waals surface area contributed by atoms with Gasteiger partial charge in [-0.05, 0) is 32.4 Å². The maximum atomic E-state index is 9.11. The van der Waals surface area contributed by atoms with Crippen LogP contribution in [0.3, 0.4) is 0 Å². The zero-order valence-corrected chi connectivity index (χ0v) is 11.8. The van der Waals surface area contributed by atoms with E-state index in [-0.39, 0.29) is 0 Å². The zero-order valence-electron chi connectivity index (χ0n) is 11.8. The second kappa shape index (κ2) is 7.43. The van der Waals surface area contributed by atoms with E-state index in [4.69, 9.17) is 5.11 Å². The van der Waals surface area contributed by atoms with Gasteiger partial charge in [0.05, 0.1) is 0 Å². The monoisotopic (exact) mass is 255 g/mol. The molecule has 0 spiro atoms. The average molecular weight is 255 g/mol. The molecule has 4 nitrogen and oxygen atoms in total. The highest BCUT2D eigenvalue weighted by molar-refractivity contribution is 4.86. The highest BCUT2D eigenvalue weighted by Crippen LogP contribution is 2.21. The third-order valence-electron chi connectivity index (χ3n) is 4.37. The first-order valence-electron chi connectivity index (χ1n) is 7.64. The summed E-state index contributed by atoms with van der Waals surface area (Å²) < 4.78 is 0. The van der Waals surface area contributed by atoms with Gasteiger partial charge in [-0.15, -0.1) is 0 Å². The molecule has 2 fully saturated rings. The molecule has 0 radical (unpaired) electrons. The molecule has 0 aromatic rings. The lowest BCUT2D eigenvalue weighted by Crippen LogP contribution is -2.57. The molecule has 2 rings (SSSR count). The quantitative estimate of drug-likeness (QED) is 0.726. The third kappa shape index (κ3) is 3.92. The summed E-state index contributed by atoms with van der Waals surface area (Å²) in [5, 5.41) is 12.6. The molecule has 106 valence electrons. The Labute approximate surface area is 111 Å². The minimum atomic E-state index is 0.293. The summed E-state index contributed by atoms with van der Waals surface area (Å²) in [6.07, 6.45) is 5.05. The van der Waals surface area contributed by atoms with Gasteiger partial charge < -0.3 is 10.4 Å². The summed E-state index contributed by atoms with van der Waals surface area (Å²) in [6.45, 7) is 9.50. The van der Waals surface area contributed by atoms with E-state index in [0.717, 1.165) is 25.6 Å². The van der Waals surface area contributed by atoms with Crippen molar-refractivity contribution in [2.45, 2.75) is 44.7 Å². The standard InChI is InChI=1S/C14H29N3O/c1-2-15-13(6-10-18)11-16-8-9-17-7-4-3-5-14(17)12-16/h13-15,18H,2-12H2,1H3. The van der Waals surface area contributed by atoms with Crippen LogP contribution in [-0.4, -0.2) is 72.9 Å². The van der Waals surface area contributed by atoms with Crippen LogP contribution < -0.4 is 5.32 Å². The highest BCUT2D eigenvalue weighted by atomic mass is 16.3. The van der Waals surface area contributed by atoms with Crippen molar-refractivity contribution >= 4 is 0 Å². The van der Waals surface area contributed by atoms with Crippen molar-refractivity contribution in [3.05, 3.63) is 0 Å². The number of nitrogens with zero attached hydrogens (tertiary/aromatic N) is 2. The maximum Gasteiger partial charge on any atom is 0.0446 e. The molecule has 2 atom stereocenters. The van der Waals surface area contributed by atoms with E-state index < -0.39 is 0 Å². The van der Waals surface area contributed by atoms with E-state index in [9.17, 15) is 0 Å². The molecule has 0 bridgehead atoms. The van der Waals surface area contributed by atoms with Crippen molar-refractivity contribution in [3.8, 4) is 0 Å². The van der Waals surface area contributed by atoms with Gasteiger partial charge in [0.2, 0.25) is 0 Å². The summed E-state index contributed by atoms with van der Waals surface area (Å²) in [5.74, 6) is 0. The summed E-state index contributed by atoms with van der Waals surface area (Å²) in [4.78, 5) is 5.27. The van der Waals surface area contributed by atoms with Gasteiger partial charge >= 0.3 is 0 Å². The molecule has 2 aliphatic heterocycles. The fourth-order valence-corrected chi connectivity index (χ4v) is 3.40. The number of aliphatic hydroxyl groups excluding tert-OH is 1. The summed E-state index contributed by atoms with van der Waals surface area (Å²) in [5.41, 5.74) is 0. The van der Waals surface area contributed by atoms with E-state index in [1.165, 1.54) is 45.4 Å². The molecule has 0 aliphatic carbocycles. The van der Waals surface area contributed by atoms with Crippen molar-refractivity contribution < 1.29 is 5.11 Å². The second-order valence-corrected chi connectivity index (χ2v) is 5.71. The molecule has 2 N–H and O–H groups in total. The molecular formula is C14H29N3O. The first-order valence-corrected chi connectivity index (χ1v) is 7.64. The first-order chi connectivity index (χ1) is 8.83. The summed E-state index contributed by atoms with van der Waals surface area (Å²) in [6, 6.07) is 1.25. The number of piperazine rings is 1. The lowest BCUT2D eigenvalue weighted by molar-refractivity contribution is 0.0434. The van der Waals surface area contributed by atoms with Crippen molar-refractivity contribution in [2.24, 2.45) is 0 Å². The Bertz CT molecular complexity index is 231. The van der Waals surface area contributed by atoms with Crippen LogP contribution in [0.15, 0.2) is 0 Å². The van der Waals surface area contributed by atoms with E-state index in [0.29, 0.717) is 12.6 Å². The van der Waals surface area contributed by atoms with Crippen molar-refractivity contribution in [3.63, 3.8) is 0 Å². The fraction of sp³-hybridized carbons (Fsp3) is 1.00. The van der Waals surface area contributed by atoms with E-state index in [2.05, 4.69) is 22.0 Å². The lowest BCUT2D eigenvalue weighted by atomic mass is 9.99. The normalized spacial score (nSPS) is 28.0. The van der Waals surface area contributed by atoms with Gasteiger partial charge in [0.15, 0.2) is 0 Å². The largest absolute Gasteiger partial charge is 0.396 e. The van der Waals surface area contributed by atoms with E-state index in [1.54, 1.807) is 0 Å². The molecule has 2 aliphatic rings. The summed E-state index contributed by atoms with van der Waals surface area (Å²) in [7, 11) is 0. The van der Waals surface area contributed by atoms with Crippen molar-refractivity contribution in [1.29, 1.82) is 0 Å². The Morgan fingerprint density at radius 1 is 1.28 bits per heavy atom. The van der Waals surface area contributed by atoms with Crippen LogP contribution in [-0.2, 0) is 0 Å². The minimum absolute atomic E-state index is 0.293. The van der Waals surface area contributed by atoms with Gasteiger partial charge in [0.1, 0.15) is 0 Å². The molecular weight excluding hydrogens is 226 g/mol. The Morgan fingerprint density at radius 3 is 2.94 bits per heavy atom. The molecule has 0 amide bonds. The average Bonchev–Trinajstić information content (AvgIpc) is 2.39. The number of likely N-dealkylation sites (N-methyl/N-ethyl adjacent to an activating group) is 1. The van der Waals surface area contributed by atoms with Gasteiger partial charge in [-0.1, -0.05) is 13.3 Å². The SMILES string of the molecule is CCNC(CCO)CN1CCN2CCCCC2C1. The minimum Gasteiger partial charge on any atom is -0.396 e. The predicted octanol–water partition coefficient (Wildman–Crippen LogP) is 0.517. The second-order valence-electron chi connectivity index (χ2n) is 5.71. The van der Waals surface area contributed by atoms with Crippen molar-refractivity contribution in [2.75, 3.05) is 45.9 Å². The van der Waals surface area contributed by atoms with Crippen LogP contribution in [0.4, 0.5) is 0 Å². The maximum absolute atomic E-state index is 9.11. The number of hydrogen-bond acceptors (Lipinski definition) is 4. The fourth-order valence-electron chi connectivity index (χ4n) is 3.40. The molecule has 0 aromatic heterocycles. The molecule has 4 heteroatoms. The Kier molecular flexibility index (Phi) is 5.89. The topological polar surface area (TPSA) is 38.7 Å². The number of fused-ring (bicyclic) bond motifs is 1. The van der Waals surface area contributed by atoms with Crippen LogP contribution in [0.1, 0.15) is 32.6 Å². The van der Waals surface area contributed by atoms with Gasteiger partial charge in [-0.25, -0.2) is 0 Å². The highest BCUT2D eigenvalue weighted by Gasteiger charge is 2.29. The zero-order chi connectivity index (χ0) is 12.8. The number of hydrogen-bond donors (Lipinski definition) is 2. The molecule has 18 heavy (non-hydrogen) atoms. The van der Waals surface area contributed by atoms with Crippen molar-refractivity contribution in [1.82, 2.24) is 15.1 Å². The molecule has 2 unspecified atom stereocenters. The van der Waals surface area contributed by atoms with Crippen LogP contribution in [0.25, 0.3) is 0 Å². The lowest BCUT2D eigenvalue weighted by Gasteiger charge is -2.44. The smallest absolute Gasteiger partial charge is 0.0446 e. The van der Waals surface area contributed by atoms with Gasteiger partial charge in [0, 0.05) is 44.9 Å². The third-order valence-corrected chi connectivity index (χ3v) is 4.37. The van der Waals surface area contributed by atoms with Gasteiger partial charge in [-0.2, -0.15) is 0 Å². The van der Waals surface area contributed by atoms with Gasteiger partial charge in [-0.3, -0.25) is 9.80 Å². The first kappa shape index (κ1) is 14.3. The van der Waals surface area contributed by atoms with Crippen LogP contribution in [0.5, 0.6) is 0 Å². The van der Waals surface area contributed by atoms with E-state index >= 15 is 0 Å². The Morgan fingerprint density at radius 2 is 2.17 bits per heavy atom. The molecule has 0 aromatic carbocycles. The Hall–Kier alpha value is -0.160. The summed E-state index contributed by atoms with van der Waals surface area (Å²) >= 11 is 0.